The molecular weight excluding hydrogens is 577 g/mol. The average molecular weight is 610 g/mol. The average Bonchev–Trinajstić information content (AvgIpc) is 3.65. The van der Waals surface area contributed by atoms with E-state index < -0.39 is 0 Å². The zero-order valence-electron chi connectivity index (χ0n) is 24.7. The molecule has 0 fully saturated rings. The number of hydrogen-bond donors (Lipinski definition) is 0. The maximum Gasteiger partial charge on any atom is 0.253 e. The van der Waals surface area contributed by atoms with Crippen LogP contribution in [0.2, 0.25) is 0 Å². The molecule has 1 unspecified atom stereocenters. The number of ether oxygens (including phenoxy) is 3. The standard InChI is InChI=1S/C35H32FN3O4S/c1-41-26-16-14-24(15-17-26)29-19-31(28-11-7-13-32(42-2)35(28)43-3)39(37-29)34(40)22-44-33-21-38(30-12-5-4-10-27(30)33)20-23-8-6-9-25(36)18-23/h4-18,21,31H,19-20,22H2,1-3H3. The van der Waals surface area contributed by atoms with Gasteiger partial charge in [-0.05, 0) is 59.7 Å². The molecule has 1 aromatic heterocycles. The van der Waals surface area contributed by atoms with Gasteiger partial charge in [-0.3, -0.25) is 4.79 Å². The lowest BCUT2D eigenvalue weighted by atomic mass is 9.97. The van der Waals surface area contributed by atoms with Crippen LogP contribution >= 0.6 is 11.8 Å². The summed E-state index contributed by atoms with van der Waals surface area (Å²) in [6.45, 7) is 0.520. The normalized spacial score (nSPS) is 14.5. The zero-order valence-corrected chi connectivity index (χ0v) is 25.5. The van der Waals surface area contributed by atoms with Crippen LogP contribution in [0.4, 0.5) is 4.39 Å². The van der Waals surface area contributed by atoms with Crippen molar-refractivity contribution in [1.29, 1.82) is 0 Å². The third kappa shape index (κ3) is 5.88. The Balaban J connectivity index is 1.30. The predicted molar refractivity (Wildman–Crippen MR) is 171 cm³/mol. The molecule has 1 aliphatic rings. The number of para-hydroxylation sites is 2. The van der Waals surface area contributed by atoms with E-state index in [0.29, 0.717) is 24.5 Å². The smallest absolute Gasteiger partial charge is 0.253 e. The van der Waals surface area contributed by atoms with Crippen LogP contribution in [0, 0.1) is 5.82 Å². The molecule has 0 saturated heterocycles. The van der Waals surface area contributed by atoms with Crippen molar-refractivity contribution in [3.05, 3.63) is 120 Å². The molecule has 7 nitrogen and oxygen atoms in total. The summed E-state index contributed by atoms with van der Waals surface area (Å²) >= 11 is 1.47. The maximum absolute atomic E-state index is 14.0. The van der Waals surface area contributed by atoms with E-state index >= 15 is 0 Å². The number of halogens is 1. The lowest BCUT2D eigenvalue weighted by Gasteiger charge is -2.24. The van der Waals surface area contributed by atoms with Gasteiger partial charge in [-0.1, -0.05) is 42.5 Å². The SMILES string of the molecule is COc1ccc(C2=NN(C(=O)CSc3cn(Cc4cccc(F)c4)c4ccccc34)C(c3cccc(OC)c3OC)C2)cc1. The molecule has 0 bridgehead atoms. The van der Waals surface area contributed by atoms with E-state index in [-0.39, 0.29) is 23.5 Å². The Bertz CT molecular complexity index is 1840. The Morgan fingerprint density at radius 2 is 1.73 bits per heavy atom. The molecule has 0 saturated carbocycles. The minimum Gasteiger partial charge on any atom is -0.497 e. The van der Waals surface area contributed by atoms with Crippen LogP contribution in [-0.4, -0.2) is 48.3 Å². The summed E-state index contributed by atoms with van der Waals surface area (Å²) in [6, 6.07) is 27.7. The van der Waals surface area contributed by atoms with Gasteiger partial charge in [0.25, 0.3) is 5.91 Å². The van der Waals surface area contributed by atoms with Crippen molar-refractivity contribution in [1.82, 2.24) is 9.58 Å². The lowest BCUT2D eigenvalue weighted by molar-refractivity contribution is -0.130. The first-order chi connectivity index (χ1) is 21.5. The van der Waals surface area contributed by atoms with E-state index in [2.05, 4.69) is 4.57 Å². The zero-order chi connectivity index (χ0) is 30.6. The molecule has 0 N–H and O–H groups in total. The number of hydrogen-bond acceptors (Lipinski definition) is 6. The molecule has 0 radical (unpaired) electrons. The maximum atomic E-state index is 14.0. The van der Waals surface area contributed by atoms with Crippen molar-refractivity contribution < 1.29 is 23.4 Å². The van der Waals surface area contributed by atoms with E-state index in [1.165, 1.54) is 17.8 Å². The summed E-state index contributed by atoms with van der Waals surface area (Å²) in [5, 5.41) is 7.47. The summed E-state index contributed by atoms with van der Waals surface area (Å²) in [5.41, 5.74) is 4.43. The molecule has 4 aromatic carbocycles. The van der Waals surface area contributed by atoms with Gasteiger partial charge in [-0.15, -0.1) is 11.8 Å². The van der Waals surface area contributed by atoms with Gasteiger partial charge in [0.2, 0.25) is 0 Å². The molecule has 44 heavy (non-hydrogen) atoms. The summed E-state index contributed by atoms with van der Waals surface area (Å²) in [5.74, 6) is 1.71. The van der Waals surface area contributed by atoms with Gasteiger partial charge < -0.3 is 18.8 Å². The van der Waals surface area contributed by atoms with Crippen molar-refractivity contribution in [3.8, 4) is 17.2 Å². The molecular formula is C35H32FN3O4S. The van der Waals surface area contributed by atoms with Gasteiger partial charge >= 0.3 is 0 Å². The highest BCUT2D eigenvalue weighted by Crippen LogP contribution is 2.42. The number of methoxy groups -OCH3 is 3. The minimum atomic E-state index is -0.375. The predicted octanol–water partition coefficient (Wildman–Crippen LogP) is 7.32. The van der Waals surface area contributed by atoms with Crippen LogP contribution in [-0.2, 0) is 11.3 Å². The number of carbonyl (C=O) groups excluding carboxylic acids is 1. The Labute approximate surface area is 259 Å². The van der Waals surface area contributed by atoms with Crippen molar-refractivity contribution in [2.24, 2.45) is 5.10 Å². The van der Waals surface area contributed by atoms with Crippen molar-refractivity contribution in [3.63, 3.8) is 0 Å². The number of aromatic nitrogens is 1. The van der Waals surface area contributed by atoms with Crippen molar-refractivity contribution >= 4 is 34.3 Å². The Hall–Kier alpha value is -4.76. The number of fused-ring (bicyclic) bond motifs is 1. The fourth-order valence-electron chi connectivity index (χ4n) is 5.61. The van der Waals surface area contributed by atoms with Crippen LogP contribution in [0.25, 0.3) is 10.9 Å². The molecule has 9 heteroatoms. The second-order valence-electron chi connectivity index (χ2n) is 10.4. The molecule has 1 atom stereocenters. The monoisotopic (exact) mass is 609 g/mol. The summed E-state index contributed by atoms with van der Waals surface area (Å²) in [6.07, 6.45) is 2.55. The fraction of sp³-hybridized carbons (Fsp3) is 0.200. The van der Waals surface area contributed by atoms with Gasteiger partial charge in [-0.2, -0.15) is 5.10 Å². The molecule has 224 valence electrons. The van der Waals surface area contributed by atoms with E-state index in [9.17, 15) is 9.18 Å². The van der Waals surface area contributed by atoms with E-state index in [0.717, 1.165) is 43.9 Å². The van der Waals surface area contributed by atoms with Gasteiger partial charge in [-0.25, -0.2) is 9.40 Å². The van der Waals surface area contributed by atoms with Crippen LogP contribution in [0.3, 0.4) is 0 Å². The second kappa shape index (κ2) is 12.9. The number of nitrogens with zero attached hydrogens (tertiary/aromatic N) is 3. The Morgan fingerprint density at radius 1 is 0.932 bits per heavy atom. The first-order valence-electron chi connectivity index (χ1n) is 14.2. The number of benzene rings is 4. The Morgan fingerprint density at radius 3 is 2.48 bits per heavy atom. The number of carbonyl (C=O) groups is 1. The van der Waals surface area contributed by atoms with Crippen LogP contribution in [0.5, 0.6) is 17.2 Å². The molecule has 1 aliphatic heterocycles. The number of hydrazone groups is 1. The number of amides is 1. The van der Waals surface area contributed by atoms with Crippen molar-refractivity contribution in [2.75, 3.05) is 27.1 Å². The van der Waals surface area contributed by atoms with Gasteiger partial charge in [0.15, 0.2) is 11.5 Å². The van der Waals surface area contributed by atoms with E-state index in [4.69, 9.17) is 19.3 Å². The Kier molecular flexibility index (Phi) is 8.56. The number of rotatable bonds is 10. The molecule has 5 aromatic rings. The van der Waals surface area contributed by atoms with Gasteiger partial charge in [0, 0.05) is 40.5 Å². The van der Waals surface area contributed by atoms with Gasteiger partial charge in [0.05, 0.1) is 38.8 Å². The fourth-order valence-corrected chi connectivity index (χ4v) is 6.55. The summed E-state index contributed by atoms with van der Waals surface area (Å²) < 4.78 is 32.6. The highest BCUT2D eigenvalue weighted by atomic mass is 32.2. The molecule has 1 amide bonds. The molecule has 6 rings (SSSR count). The molecule has 0 spiro atoms. The van der Waals surface area contributed by atoms with Gasteiger partial charge in [0.1, 0.15) is 11.6 Å². The lowest BCUT2D eigenvalue weighted by Crippen LogP contribution is -2.28. The molecule has 0 aliphatic carbocycles. The second-order valence-corrected chi connectivity index (χ2v) is 11.4. The van der Waals surface area contributed by atoms with Crippen LogP contribution < -0.4 is 14.2 Å². The highest BCUT2D eigenvalue weighted by Gasteiger charge is 2.35. The highest BCUT2D eigenvalue weighted by molar-refractivity contribution is 8.00. The summed E-state index contributed by atoms with van der Waals surface area (Å²) in [7, 11) is 4.83. The number of thioether (sulfide) groups is 1. The first-order valence-corrected chi connectivity index (χ1v) is 15.2. The topological polar surface area (TPSA) is 65.3 Å². The largest absolute Gasteiger partial charge is 0.497 e. The van der Waals surface area contributed by atoms with Crippen molar-refractivity contribution in [2.45, 2.75) is 23.9 Å². The molecule has 2 heterocycles. The van der Waals surface area contributed by atoms with E-state index in [1.54, 1.807) is 38.5 Å². The van der Waals surface area contributed by atoms with E-state index in [1.807, 2.05) is 79.0 Å². The third-order valence-corrected chi connectivity index (χ3v) is 8.75. The van der Waals surface area contributed by atoms with Crippen LogP contribution in [0.15, 0.2) is 107 Å². The first kappa shape index (κ1) is 29.3. The quantitative estimate of drug-likeness (QED) is 0.155. The minimum absolute atomic E-state index is 0.129. The third-order valence-electron chi connectivity index (χ3n) is 7.73. The summed E-state index contributed by atoms with van der Waals surface area (Å²) in [4.78, 5) is 14.9. The van der Waals surface area contributed by atoms with Crippen LogP contribution in [0.1, 0.15) is 29.2 Å².